The van der Waals surface area contributed by atoms with Crippen LogP contribution in [0.1, 0.15) is 27.2 Å². The first-order valence-electron chi connectivity index (χ1n) is 10.3. The van der Waals surface area contributed by atoms with E-state index in [1.54, 1.807) is 30.3 Å². The van der Waals surface area contributed by atoms with Crippen molar-refractivity contribution in [1.82, 2.24) is 19.7 Å². The highest BCUT2D eigenvalue weighted by Gasteiger charge is 2.20. The molecule has 1 amide bonds. The van der Waals surface area contributed by atoms with E-state index in [4.69, 9.17) is 0 Å². The lowest BCUT2D eigenvalue weighted by Crippen LogP contribution is -2.46. The topological polar surface area (TPSA) is 86.0 Å². The molecule has 0 aliphatic carbocycles. The van der Waals surface area contributed by atoms with Gasteiger partial charge in [0, 0.05) is 6.54 Å². The van der Waals surface area contributed by atoms with Crippen LogP contribution in [0.2, 0.25) is 0 Å². The third-order valence-corrected chi connectivity index (χ3v) is 5.23. The van der Waals surface area contributed by atoms with Crippen LogP contribution in [-0.4, -0.2) is 20.3 Å². The van der Waals surface area contributed by atoms with Crippen molar-refractivity contribution in [2.75, 3.05) is 0 Å². The zero-order valence-corrected chi connectivity index (χ0v) is 17.9. The van der Waals surface area contributed by atoms with Gasteiger partial charge in [-0.1, -0.05) is 54.6 Å². The molecule has 0 bridgehead atoms. The number of amides is 1. The van der Waals surface area contributed by atoms with Crippen molar-refractivity contribution >= 4 is 5.91 Å². The minimum Gasteiger partial charge on any atom is -0.346 e. The summed E-state index contributed by atoms with van der Waals surface area (Å²) in [6.07, 6.45) is 0. The average molecular weight is 444 g/mol. The number of aromatic nitrogens is 3. The molecule has 0 spiro atoms. The van der Waals surface area contributed by atoms with Crippen LogP contribution in [0.3, 0.4) is 0 Å². The Morgan fingerprint density at radius 3 is 2.30 bits per heavy atom. The number of nitrogens with one attached hydrogen (secondary N) is 1. The van der Waals surface area contributed by atoms with Crippen LogP contribution in [0, 0.1) is 12.7 Å². The quantitative estimate of drug-likeness (QED) is 0.496. The fourth-order valence-electron chi connectivity index (χ4n) is 3.36. The molecular weight excluding hydrogens is 423 g/mol. The van der Waals surface area contributed by atoms with Crippen LogP contribution >= 0.6 is 0 Å². The molecule has 7 nitrogen and oxygen atoms in total. The van der Waals surface area contributed by atoms with E-state index >= 15 is 0 Å². The number of hydrogen-bond acceptors (Lipinski definition) is 4. The monoisotopic (exact) mass is 444 g/mol. The number of hydrogen-bond donors (Lipinski definition) is 1. The van der Waals surface area contributed by atoms with Crippen molar-refractivity contribution in [3.63, 3.8) is 0 Å². The molecule has 0 fully saturated rings. The van der Waals surface area contributed by atoms with Gasteiger partial charge in [-0.3, -0.25) is 14.2 Å². The standard InChI is InChI=1S/C25H21FN4O3/c1-17-7-5-6-8-19(17)16-29-24(32)22(23(31)27-15-18-11-13-20(26)14-12-18)28-30(25(29)33)21-9-3-2-4-10-21/h2-14H,15-16H2,1H3,(H,27,31). The number of rotatable bonds is 6. The maximum Gasteiger partial charge on any atom is 0.352 e. The summed E-state index contributed by atoms with van der Waals surface area (Å²) < 4.78 is 15.2. The van der Waals surface area contributed by atoms with E-state index in [9.17, 15) is 18.8 Å². The Kier molecular flexibility index (Phi) is 6.26. The number of benzene rings is 3. The van der Waals surface area contributed by atoms with Crippen LogP contribution in [0.25, 0.3) is 5.69 Å². The summed E-state index contributed by atoms with van der Waals surface area (Å²) in [6.45, 7) is 1.95. The summed E-state index contributed by atoms with van der Waals surface area (Å²) in [5.41, 5.74) is 0.926. The van der Waals surface area contributed by atoms with Crippen molar-refractivity contribution < 1.29 is 9.18 Å². The summed E-state index contributed by atoms with van der Waals surface area (Å²) in [4.78, 5) is 39.2. The van der Waals surface area contributed by atoms with E-state index in [1.807, 2.05) is 31.2 Å². The molecule has 0 saturated carbocycles. The molecule has 1 heterocycles. The van der Waals surface area contributed by atoms with Gasteiger partial charge >= 0.3 is 5.69 Å². The van der Waals surface area contributed by atoms with Crippen molar-refractivity contribution in [3.05, 3.63) is 128 Å². The van der Waals surface area contributed by atoms with Crippen LogP contribution in [0.5, 0.6) is 0 Å². The van der Waals surface area contributed by atoms with Gasteiger partial charge in [-0.25, -0.2) is 9.18 Å². The predicted molar refractivity (Wildman–Crippen MR) is 122 cm³/mol. The zero-order valence-electron chi connectivity index (χ0n) is 17.9. The second-order valence-electron chi connectivity index (χ2n) is 7.51. The number of aryl methyl sites for hydroxylation is 1. The maximum absolute atomic E-state index is 13.2. The van der Waals surface area contributed by atoms with E-state index in [2.05, 4.69) is 10.4 Å². The van der Waals surface area contributed by atoms with Gasteiger partial charge in [-0.15, -0.1) is 0 Å². The van der Waals surface area contributed by atoms with Gasteiger partial charge in [0.1, 0.15) is 5.82 Å². The highest BCUT2D eigenvalue weighted by molar-refractivity contribution is 5.91. The summed E-state index contributed by atoms with van der Waals surface area (Å²) in [6, 6.07) is 21.6. The molecule has 0 saturated heterocycles. The van der Waals surface area contributed by atoms with Gasteiger partial charge in [-0.2, -0.15) is 9.78 Å². The third kappa shape index (κ3) is 4.79. The third-order valence-electron chi connectivity index (χ3n) is 5.23. The van der Waals surface area contributed by atoms with Crippen molar-refractivity contribution in [2.24, 2.45) is 0 Å². The number of carbonyl (C=O) groups is 1. The van der Waals surface area contributed by atoms with Gasteiger partial charge in [0.25, 0.3) is 11.5 Å². The Bertz CT molecular complexity index is 1410. The summed E-state index contributed by atoms with van der Waals surface area (Å²) in [5, 5.41) is 6.72. The van der Waals surface area contributed by atoms with Gasteiger partial charge in [0.05, 0.1) is 12.2 Å². The van der Waals surface area contributed by atoms with E-state index in [0.29, 0.717) is 11.3 Å². The number of para-hydroxylation sites is 1. The molecule has 0 aliphatic rings. The summed E-state index contributed by atoms with van der Waals surface area (Å²) >= 11 is 0. The second kappa shape index (κ2) is 9.44. The zero-order chi connectivity index (χ0) is 23.4. The second-order valence-corrected chi connectivity index (χ2v) is 7.51. The first-order chi connectivity index (χ1) is 15.9. The fourth-order valence-corrected chi connectivity index (χ4v) is 3.36. The Labute approximate surface area is 188 Å². The molecule has 8 heteroatoms. The van der Waals surface area contributed by atoms with E-state index < -0.39 is 22.9 Å². The van der Waals surface area contributed by atoms with Crippen LogP contribution < -0.4 is 16.6 Å². The lowest BCUT2D eigenvalue weighted by atomic mass is 10.1. The van der Waals surface area contributed by atoms with Crippen LogP contribution in [0.15, 0.2) is 88.5 Å². The Morgan fingerprint density at radius 1 is 0.939 bits per heavy atom. The van der Waals surface area contributed by atoms with Crippen LogP contribution in [0.4, 0.5) is 4.39 Å². The first-order valence-corrected chi connectivity index (χ1v) is 10.3. The lowest BCUT2D eigenvalue weighted by molar-refractivity contribution is 0.0941. The number of halogens is 1. The molecule has 0 unspecified atom stereocenters. The predicted octanol–water partition coefficient (Wildman–Crippen LogP) is 2.82. The molecule has 0 radical (unpaired) electrons. The summed E-state index contributed by atoms with van der Waals surface area (Å²) in [7, 11) is 0. The number of carbonyl (C=O) groups excluding carboxylic acids is 1. The number of nitrogens with zero attached hydrogens (tertiary/aromatic N) is 3. The van der Waals surface area contributed by atoms with Crippen molar-refractivity contribution in [1.29, 1.82) is 0 Å². The molecule has 4 rings (SSSR count). The normalized spacial score (nSPS) is 10.7. The molecule has 1 N–H and O–H groups in total. The van der Waals surface area contributed by atoms with Gasteiger partial charge in [0.15, 0.2) is 0 Å². The lowest BCUT2D eigenvalue weighted by Gasteiger charge is -2.13. The molecule has 0 atom stereocenters. The molecule has 3 aromatic carbocycles. The van der Waals surface area contributed by atoms with Gasteiger partial charge < -0.3 is 5.32 Å². The Balaban J connectivity index is 1.76. The van der Waals surface area contributed by atoms with E-state index in [-0.39, 0.29) is 18.9 Å². The average Bonchev–Trinajstić information content (AvgIpc) is 2.83. The van der Waals surface area contributed by atoms with Gasteiger partial charge in [0.2, 0.25) is 5.69 Å². The van der Waals surface area contributed by atoms with E-state index in [1.165, 1.54) is 24.3 Å². The Hall–Kier alpha value is -4.33. The minimum atomic E-state index is -0.785. The molecule has 4 aromatic rings. The largest absolute Gasteiger partial charge is 0.352 e. The Morgan fingerprint density at radius 2 is 1.61 bits per heavy atom. The maximum atomic E-state index is 13.2. The van der Waals surface area contributed by atoms with Crippen LogP contribution in [-0.2, 0) is 13.1 Å². The SMILES string of the molecule is Cc1ccccc1Cn1c(=O)c(C(=O)NCc2ccc(F)cc2)nn(-c2ccccc2)c1=O. The summed E-state index contributed by atoms with van der Waals surface area (Å²) in [5.74, 6) is -1.12. The highest BCUT2D eigenvalue weighted by atomic mass is 19.1. The first kappa shape index (κ1) is 21.9. The molecule has 1 aromatic heterocycles. The molecular formula is C25H21FN4O3. The van der Waals surface area contributed by atoms with Crippen molar-refractivity contribution in [3.8, 4) is 5.69 Å². The molecule has 33 heavy (non-hydrogen) atoms. The smallest absolute Gasteiger partial charge is 0.346 e. The fraction of sp³-hybridized carbons (Fsp3) is 0.120. The molecule has 166 valence electrons. The van der Waals surface area contributed by atoms with Crippen molar-refractivity contribution in [2.45, 2.75) is 20.0 Å². The van der Waals surface area contributed by atoms with E-state index in [0.717, 1.165) is 20.4 Å². The van der Waals surface area contributed by atoms with Gasteiger partial charge in [-0.05, 0) is 47.9 Å². The highest BCUT2D eigenvalue weighted by Crippen LogP contribution is 2.08. The molecule has 0 aliphatic heterocycles. The minimum absolute atomic E-state index is 0.00205.